The number of amides is 1. The van der Waals surface area contributed by atoms with E-state index in [4.69, 9.17) is 10.00 Å². The lowest BCUT2D eigenvalue weighted by atomic mass is 10.0. The molecule has 2 aliphatic heterocycles. The van der Waals surface area contributed by atoms with E-state index in [1.807, 2.05) is 10.7 Å². The SMILES string of the molecule is N#Cc1ccc2c(c1)CC(NC(=O)c1cc3n(n1)CCN(Cc1ccc(F)cc1)C3)CO2. The molecule has 1 unspecified atom stereocenters. The van der Waals surface area contributed by atoms with Gasteiger partial charge in [0.1, 0.15) is 18.2 Å². The van der Waals surface area contributed by atoms with E-state index in [1.54, 1.807) is 30.3 Å². The molecule has 8 heteroatoms. The third-order valence-corrected chi connectivity index (χ3v) is 5.86. The zero-order valence-electron chi connectivity index (χ0n) is 17.4. The van der Waals surface area contributed by atoms with Crippen molar-refractivity contribution in [3.63, 3.8) is 0 Å². The summed E-state index contributed by atoms with van der Waals surface area (Å²) in [5.74, 6) is 0.289. The summed E-state index contributed by atoms with van der Waals surface area (Å²) in [6.45, 7) is 3.27. The maximum Gasteiger partial charge on any atom is 0.272 e. The lowest BCUT2D eigenvalue weighted by Crippen LogP contribution is -2.42. The van der Waals surface area contributed by atoms with Gasteiger partial charge in [-0.25, -0.2) is 4.39 Å². The summed E-state index contributed by atoms with van der Waals surface area (Å²) in [5, 5.41) is 16.6. The van der Waals surface area contributed by atoms with Crippen molar-refractivity contribution in [3.05, 3.63) is 82.4 Å². The first-order chi connectivity index (χ1) is 15.6. The number of hydrogen-bond acceptors (Lipinski definition) is 5. The van der Waals surface area contributed by atoms with Gasteiger partial charge in [0, 0.05) is 19.6 Å². The van der Waals surface area contributed by atoms with Crippen LogP contribution < -0.4 is 10.1 Å². The zero-order valence-corrected chi connectivity index (χ0v) is 17.4. The molecule has 0 radical (unpaired) electrons. The van der Waals surface area contributed by atoms with Crippen molar-refractivity contribution in [1.82, 2.24) is 20.0 Å². The van der Waals surface area contributed by atoms with Gasteiger partial charge < -0.3 is 10.1 Å². The minimum absolute atomic E-state index is 0.183. The molecule has 0 fully saturated rings. The molecule has 0 spiro atoms. The molecule has 3 aromatic rings. The minimum Gasteiger partial charge on any atom is -0.491 e. The van der Waals surface area contributed by atoms with E-state index < -0.39 is 0 Å². The van der Waals surface area contributed by atoms with Crippen LogP contribution >= 0.6 is 0 Å². The van der Waals surface area contributed by atoms with Gasteiger partial charge in [-0.3, -0.25) is 14.4 Å². The van der Waals surface area contributed by atoms with E-state index in [0.29, 0.717) is 37.4 Å². The Bertz CT molecular complexity index is 1200. The topological polar surface area (TPSA) is 83.2 Å². The molecule has 7 nitrogen and oxygen atoms in total. The second kappa shape index (κ2) is 8.44. The summed E-state index contributed by atoms with van der Waals surface area (Å²) in [6, 6.07) is 15.6. The summed E-state index contributed by atoms with van der Waals surface area (Å²) in [6.07, 6.45) is 0.607. The summed E-state index contributed by atoms with van der Waals surface area (Å²) >= 11 is 0. The molecule has 1 N–H and O–H groups in total. The fourth-order valence-electron chi connectivity index (χ4n) is 4.23. The number of ether oxygens (including phenoxy) is 1. The Hall–Kier alpha value is -3.70. The Kier molecular flexibility index (Phi) is 5.33. The maximum absolute atomic E-state index is 13.1. The molecule has 3 heterocycles. The monoisotopic (exact) mass is 431 g/mol. The first kappa shape index (κ1) is 20.2. The molecule has 0 bridgehead atoms. The standard InChI is InChI=1S/C24H22FN5O2/c25-19-4-1-16(2-5-19)13-29-7-8-30-21(14-29)11-22(28-30)24(31)27-20-10-18-9-17(12-26)3-6-23(18)32-15-20/h1-6,9,11,20H,7-8,10,13-15H2,(H,27,31). The Morgan fingerprint density at radius 2 is 2.06 bits per heavy atom. The molecule has 2 aromatic carbocycles. The number of aromatic nitrogens is 2. The van der Waals surface area contributed by atoms with Gasteiger partial charge >= 0.3 is 0 Å². The van der Waals surface area contributed by atoms with Crippen LogP contribution in [-0.2, 0) is 26.1 Å². The van der Waals surface area contributed by atoms with Gasteiger partial charge in [-0.05, 0) is 53.9 Å². The van der Waals surface area contributed by atoms with Gasteiger partial charge in [0.2, 0.25) is 0 Å². The number of halogens is 1. The van der Waals surface area contributed by atoms with Crippen LogP contribution in [0, 0.1) is 17.1 Å². The Balaban J connectivity index is 1.22. The minimum atomic E-state index is -0.238. The average molecular weight is 431 g/mol. The molecule has 2 aliphatic rings. The number of nitrogens with zero attached hydrogens (tertiary/aromatic N) is 4. The summed E-state index contributed by atoms with van der Waals surface area (Å²) in [7, 11) is 0. The maximum atomic E-state index is 13.1. The summed E-state index contributed by atoms with van der Waals surface area (Å²) in [4.78, 5) is 15.1. The molecule has 1 aromatic heterocycles. The highest BCUT2D eigenvalue weighted by Crippen LogP contribution is 2.26. The van der Waals surface area contributed by atoms with Crippen molar-refractivity contribution in [2.24, 2.45) is 0 Å². The second-order valence-corrected chi connectivity index (χ2v) is 8.20. The Morgan fingerprint density at radius 3 is 2.88 bits per heavy atom. The highest BCUT2D eigenvalue weighted by molar-refractivity contribution is 5.92. The predicted molar refractivity (Wildman–Crippen MR) is 114 cm³/mol. The van der Waals surface area contributed by atoms with Crippen LogP contribution in [0.1, 0.15) is 32.9 Å². The number of fused-ring (bicyclic) bond motifs is 2. The van der Waals surface area contributed by atoms with Crippen molar-refractivity contribution in [3.8, 4) is 11.8 Å². The molecular weight excluding hydrogens is 409 g/mol. The number of carbonyl (C=O) groups is 1. The normalized spacial score (nSPS) is 17.6. The van der Waals surface area contributed by atoms with Crippen LogP contribution in [0.3, 0.4) is 0 Å². The third-order valence-electron chi connectivity index (χ3n) is 5.86. The molecule has 1 amide bonds. The lowest BCUT2D eigenvalue weighted by molar-refractivity contribution is 0.0909. The van der Waals surface area contributed by atoms with Crippen LogP contribution in [0.2, 0.25) is 0 Å². The number of carbonyl (C=O) groups excluding carboxylic acids is 1. The number of benzene rings is 2. The molecule has 0 saturated heterocycles. The van der Waals surface area contributed by atoms with Crippen molar-refractivity contribution in [2.45, 2.75) is 32.1 Å². The van der Waals surface area contributed by atoms with E-state index in [2.05, 4.69) is 21.4 Å². The zero-order chi connectivity index (χ0) is 22.1. The predicted octanol–water partition coefficient (Wildman–Crippen LogP) is 2.64. The van der Waals surface area contributed by atoms with Crippen LogP contribution in [0.25, 0.3) is 0 Å². The number of nitriles is 1. The Morgan fingerprint density at radius 1 is 1.22 bits per heavy atom. The summed E-state index contributed by atoms with van der Waals surface area (Å²) in [5.41, 5.74) is 3.91. The van der Waals surface area contributed by atoms with E-state index >= 15 is 0 Å². The van der Waals surface area contributed by atoms with Crippen LogP contribution in [-0.4, -0.2) is 39.8 Å². The molecule has 162 valence electrons. The van der Waals surface area contributed by atoms with Crippen molar-refractivity contribution in [1.29, 1.82) is 5.26 Å². The van der Waals surface area contributed by atoms with E-state index in [1.165, 1.54) is 12.1 Å². The van der Waals surface area contributed by atoms with Gasteiger partial charge in [-0.2, -0.15) is 10.4 Å². The van der Waals surface area contributed by atoms with Gasteiger partial charge in [-0.15, -0.1) is 0 Å². The fourth-order valence-corrected chi connectivity index (χ4v) is 4.23. The first-order valence-corrected chi connectivity index (χ1v) is 10.6. The van der Waals surface area contributed by atoms with E-state index in [-0.39, 0.29) is 17.8 Å². The molecule has 5 rings (SSSR count). The second-order valence-electron chi connectivity index (χ2n) is 8.20. The van der Waals surface area contributed by atoms with Gasteiger partial charge in [0.15, 0.2) is 5.69 Å². The van der Waals surface area contributed by atoms with Crippen molar-refractivity contribution >= 4 is 5.91 Å². The first-order valence-electron chi connectivity index (χ1n) is 10.6. The molecule has 0 aliphatic carbocycles. The van der Waals surface area contributed by atoms with Gasteiger partial charge in [0.25, 0.3) is 5.91 Å². The lowest BCUT2D eigenvalue weighted by Gasteiger charge is -2.27. The van der Waals surface area contributed by atoms with E-state index in [0.717, 1.165) is 35.7 Å². The smallest absolute Gasteiger partial charge is 0.272 e. The van der Waals surface area contributed by atoms with Crippen molar-refractivity contribution < 1.29 is 13.9 Å². The van der Waals surface area contributed by atoms with Crippen LogP contribution in [0.15, 0.2) is 48.5 Å². The third kappa shape index (κ3) is 4.20. The highest BCUT2D eigenvalue weighted by Gasteiger charge is 2.25. The Labute approximate surface area is 185 Å². The fraction of sp³-hybridized carbons (Fsp3) is 0.292. The average Bonchev–Trinajstić information content (AvgIpc) is 3.24. The van der Waals surface area contributed by atoms with E-state index in [9.17, 15) is 9.18 Å². The van der Waals surface area contributed by atoms with Crippen molar-refractivity contribution in [2.75, 3.05) is 13.2 Å². The summed E-state index contributed by atoms with van der Waals surface area (Å²) < 4.78 is 20.8. The number of hydrogen-bond donors (Lipinski definition) is 1. The van der Waals surface area contributed by atoms with Crippen LogP contribution in [0.5, 0.6) is 5.75 Å². The number of nitrogens with one attached hydrogen (secondary N) is 1. The molecule has 1 atom stereocenters. The highest BCUT2D eigenvalue weighted by atomic mass is 19.1. The molecule has 0 saturated carbocycles. The molecular formula is C24H22FN5O2. The molecule has 32 heavy (non-hydrogen) atoms. The van der Waals surface area contributed by atoms with Gasteiger partial charge in [-0.1, -0.05) is 12.1 Å². The van der Waals surface area contributed by atoms with Crippen LogP contribution in [0.4, 0.5) is 4.39 Å². The quantitative estimate of drug-likeness (QED) is 0.687. The van der Waals surface area contributed by atoms with Gasteiger partial charge in [0.05, 0.1) is 29.9 Å². The largest absolute Gasteiger partial charge is 0.491 e. The number of rotatable bonds is 4.